The van der Waals surface area contributed by atoms with Gasteiger partial charge in [0.25, 0.3) is 0 Å². The number of oxime groups is 1. The predicted octanol–water partition coefficient (Wildman–Crippen LogP) is 0.383. The van der Waals surface area contributed by atoms with E-state index in [1.165, 1.54) is 0 Å². The Morgan fingerprint density at radius 3 is 2.94 bits per heavy atom. The van der Waals surface area contributed by atoms with Gasteiger partial charge in [-0.15, -0.1) is 0 Å². The summed E-state index contributed by atoms with van der Waals surface area (Å²) in [6.45, 7) is 0.886. The molecule has 98 valence electrons. The first kappa shape index (κ1) is 12.6. The third-order valence-electron chi connectivity index (χ3n) is 3.30. The molecule has 1 aliphatic rings. The number of rotatable bonds is 4. The van der Waals surface area contributed by atoms with E-state index in [2.05, 4.69) is 15.0 Å². The van der Waals surface area contributed by atoms with Gasteiger partial charge in [0.2, 0.25) is 0 Å². The van der Waals surface area contributed by atoms with Gasteiger partial charge in [-0.05, 0) is 30.9 Å². The van der Waals surface area contributed by atoms with Crippen LogP contribution in [0, 0.1) is 5.92 Å². The molecule has 0 aromatic carbocycles. The van der Waals surface area contributed by atoms with Crippen molar-refractivity contribution in [2.24, 2.45) is 16.8 Å². The lowest BCUT2D eigenvalue weighted by atomic mass is 9.82. The Hall–Kier alpha value is -1.82. The third kappa shape index (κ3) is 2.70. The summed E-state index contributed by atoms with van der Waals surface area (Å²) in [5, 5.41) is 20.8. The van der Waals surface area contributed by atoms with Gasteiger partial charge >= 0.3 is 0 Å². The number of nitrogens with two attached hydrogens (primary N) is 1. The van der Waals surface area contributed by atoms with E-state index in [4.69, 9.17) is 10.9 Å². The lowest BCUT2D eigenvalue weighted by molar-refractivity contribution is 0.0465. The largest absolute Gasteiger partial charge is 0.409 e. The zero-order valence-electron chi connectivity index (χ0n) is 10.3. The van der Waals surface area contributed by atoms with Crippen molar-refractivity contribution in [3.63, 3.8) is 0 Å². The summed E-state index contributed by atoms with van der Waals surface area (Å²) in [4.78, 5) is 6.13. The zero-order valence-corrected chi connectivity index (χ0v) is 10.3. The van der Waals surface area contributed by atoms with Crippen LogP contribution in [0.2, 0.25) is 0 Å². The average molecular weight is 250 g/mol. The molecule has 6 nitrogen and oxygen atoms in total. The van der Waals surface area contributed by atoms with Crippen LogP contribution in [0.5, 0.6) is 0 Å². The first-order chi connectivity index (χ1) is 8.60. The summed E-state index contributed by atoms with van der Waals surface area (Å²) in [6.07, 6.45) is 3.23. The maximum absolute atomic E-state index is 9.26. The van der Waals surface area contributed by atoms with Gasteiger partial charge in [-0.1, -0.05) is 5.16 Å². The summed E-state index contributed by atoms with van der Waals surface area (Å²) >= 11 is 0. The average Bonchev–Trinajstić information content (AvgIpc) is 2.36. The van der Waals surface area contributed by atoms with Crippen molar-refractivity contribution in [2.75, 3.05) is 18.5 Å². The normalized spacial score (nSPS) is 23.6. The Balaban J connectivity index is 2.03. The van der Waals surface area contributed by atoms with Gasteiger partial charge in [0.15, 0.2) is 5.84 Å². The van der Waals surface area contributed by atoms with E-state index in [0.29, 0.717) is 11.6 Å². The minimum atomic E-state index is -0.131. The predicted molar refractivity (Wildman–Crippen MR) is 68.7 cm³/mol. The highest BCUT2D eigenvalue weighted by atomic mass is 16.4. The van der Waals surface area contributed by atoms with E-state index in [-0.39, 0.29) is 11.9 Å². The van der Waals surface area contributed by atoms with E-state index < -0.39 is 0 Å². The number of hydrogen-bond donors (Lipinski definition) is 3. The van der Waals surface area contributed by atoms with Gasteiger partial charge < -0.3 is 20.9 Å². The van der Waals surface area contributed by atoms with Gasteiger partial charge in [-0.3, -0.25) is 4.98 Å². The smallest absolute Gasteiger partial charge is 0.188 e. The van der Waals surface area contributed by atoms with Crippen LogP contribution in [-0.4, -0.2) is 40.8 Å². The van der Waals surface area contributed by atoms with Crippen molar-refractivity contribution < 1.29 is 10.3 Å². The summed E-state index contributed by atoms with van der Waals surface area (Å²) in [5.74, 6) is 0.537. The number of pyridine rings is 1. The SMILES string of the molecule is CN(CC1CC(O)C1)c1ccnc(C(N)=NO)c1. The topological polar surface area (TPSA) is 95.0 Å². The number of amidine groups is 1. The second-order valence-corrected chi connectivity index (χ2v) is 4.76. The summed E-state index contributed by atoms with van der Waals surface area (Å²) in [6, 6.07) is 3.66. The minimum Gasteiger partial charge on any atom is -0.409 e. The molecule has 0 aliphatic heterocycles. The first-order valence-corrected chi connectivity index (χ1v) is 5.93. The summed E-state index contributed by atoms with van der Waals surface area (Å²) in [7, 11) is 1.98. The molecule has 0 bridgehead atoms. The zero-order chi connectivity index (χ0) is 13.1. The van der Waals surface area contributed by atoms with Crippen LogP contribution >= 0.6 is 0 Å². The molecule has 0 spiro atoms. The Morgan fingerprint density at radius 2 is 2.33 bits per heavy atom. The molecular formula is C12H18N4O2. The standard InChI is InChI=1S/C12H18N4O2/c1-16(7-8-4-10(17)5-8)9-2-3-14-11(6-9)12(13)15-18/h2-3,6,8,10,17-18H,4-5,7H2,1H3,(H2,13,15). The van der Waals surface area contributed by atoms with E-state index in [1.54, 1.807) is 12.3 Å². The van der Waals surface area contributed by atoms with Crippen LogP contribution in [0.4, 0.5) is 5.69 Å². The molecule has 4 N–H and O–H groups in total. The molecule has 1 aromatic rings. The monoisotopic (exact) mass is 250 g/mol. The van der Waals surface area contributed by atoms with Gasteiger partial charge in [-0.25, -0.2) is 0 Å². The molecule has 2 rings (SSSR count). The molecule has 1 saturated carbocycles. The van der Waals surface area contributed by atoms with Crippen molar-refractivity contribution >= 4 is 11.5 Å². The molecule has 6 heteroatoms. The van der Waals surface area contributed by atoms with Crippen LogP contribution in [0.15, 0.2) is 23.5 Å². The molecule has 0 saturated heterocycles. The highest BCUT2D eigenvalue weighted by Gasteiger charge is 2.28. The van der Waals surface area contributed by atoms with Gasteiger partial charge in [0, 0.05) is 25.5 Å². The Bertz CT molecular complexity index is 443. The molecule has 0 unspecified atom stereocenters. The lowest BCUT2D eigenvalue weighted by Gasteiger charge is -2.35. The number of hydrogen-bond acceptors (Lipinski definition) is 5. The third-order valence-corrected chi connectivity index (χ3v) is 3.30. The number of aliphatic hydroxyl groups is 1. The van der Waals surface area contributed by atoms with Crippen LogP contribution in [-0.2, 0) is 0 Å². The van der Waals surface area contributed by atoms with Crippen molar-refractivity contribution in [1.82, 2.24) is 4.98 Å². The Kier molecular flexibility index (Phi) is 3.66. The molecule has 0 atom stereocenters. The Labute approximate surface area is 106 Å². The second-order valence-electron chi connectivity index (χ2n) is 4.76. The number of aromatic nitrogens is 1. The van der Waals surface area contributed by atoms with E-state index in [1.807, 2.05) is 13.1 Å². The van der Waals surface area contributed by atoms with Gasteiger partial charge in [0.1, 0.15) is 5.69 Å². The van der Waals surface area contributed by atoms with Crippen molar-refractivity contribution in [1.29, 1.82) is 0 Å². The van der Waals surface area contributed by atoms with Crippen molar-refractivity contribution in [2.45, 2.75) is 18.9 Å². The van der Waals surface area contributed by atoms with Crippen LogP contribution in [0.3, 0.4) is 0 Å². The number of aliphatic hydroxyl groups excluding tert-OH is 1. The molecule has 1 heterocycles. The fourth-order valence-corrected chi connectivity index (χ4v) is 2.19. The van der Waals surface area contributed by atoms with Crippen molar-refractivity contribution in [3.05, 3.63) is 24.0 Å². The fourth-order valence-electron chi connectivity index (χ4n) is 2.19. The van der Waals surface area contributed by atoms with E-state index in [9.17, 15) is 5.11 Å². The van der Waals surface area contributed by atoms with Crippen LogP contribution < -0.4 is 10.6 Å². The molecular weight excluding hydrogens is 232 g/mol. The molecule has 18 heavy (non-hydrogen) atoms. The molecule has 1 aromatic heterocycles. The highest BCUT2D eigenvalue weighted by Crippen LogP contribution is 2.29. The molecule has 1 aliphatic carbocycles. The molecule has 0 radical (unpaired) electrons. The number of anilines is 1. The summed E-state index contributed by atoms with van der Waals surface area (Å²) in [5.41, 5.74) is 6.93. The van der Waals surface area contributed by atoms with Gasteiger partial charge in [0.05, 0.1) is 6.10 Å². The Morgan fingerprint density at radius 1 is 1.61 bits per heavy atom. The highest BCUT2D eigenvalue weighted by molar-refractivity contribution is 5.95. The maximum Gasteiger partial charge on any atom is 0.188 e. The molecule has 1 fully saturated rings. The van der Waals surface area contributed by atoms with Gasteiger partial charge in [-0.2, -0.15) is 0 Å². The minimum absolute atomic E-state index is 0.00400. The fraction of sp³-hybridized carbons (Fsp3) is 0.500. The van der Waals surface area contributed by atoms with E-state index in [0.717, 1.165) is 25.1 Å². The first-order valence-electron chi connectivity index (χ1n) is 5.93. The van der Waals surface area contributed by atoms with Crippen LogP contribution in [0.25, 0.3) is 0 Å². The molecule has 0 amide bonds. The van der Waals surface area contributed by atoms with Crippen LogP contribution in [0.1, 0.15) is 18.5 Å². The quantitative estimate of drug-likeness (QED) is 0.311. The summed E-state index contributed by atoms with van der Waals surface area (Å²) < 4.78 is 0. The maximum atomic E-state index is 9.26. The number of nitrogens with zero attached hydrogens (tertiary/aromatic N) is 3. The lowest BCUT2D eigenvalue weighted by Crippen LogP contribution is -2.37. The van der Waals surface area contributed by atoms with Crippen molar-refractivity contribution in [3.8, 4) is 0 Å². The second kappa shape index (κ2) is 5.22. The van der Waals surface area contributed by atoms with E-state index >= 15 is 0 Å².